The second-order valence-electron chi connectivity index (χ2n) is 5.11. The van der Waals surface area contributed by atoms with Crippen LogP contribution in [0.25, 0.3) is 0 Å². The molecule has 1 atom stereocenters. The Morgan fingerprint density at radius 2 is 2.15 bits per heavy atom. The van der Waals surface area contributed by atoms with E-state index in [4.69, 9.17) is 22.1 Å². The summed E-state index contributed by atoms with van der Waals surface area (Å²) in [5.74, 6) is 0.843. The Bertz CT molecular complexity index is 473. The van der Waals surface area contributed by atoms with Crippen molar-refractivity contribution >= 4 is 17.5 Å². The average molecular weight is 297 g/mol. The highest BCUT2D eigenvalue weighted by molar-refractivity contribution is 6.30. The number of halogens is 1. The first-order valence-corrected chi connectivity index (χ1v) is 7.34. The van der Waals surface area contributed by atoms with Crippen LogP contribution in [0, 0.1) is 0 Å². The van der Waals surface area contributed by atoms with Crippen LogP contribution in [0.3, 0.4) is 0 Å². The Morgan fingerprint density at radius 1 is 1.45 bits per heavy atom. The zero-order chi connectivity index (χ0) is 14.5. The molecule has 1 unspecified atom stereocenters. The standard InChI is InChI=1S/C15H21ClN2O2/c1-20-14-5-4-12(16)9-13(14)11(10-17)8-15(19)18-6-2-3-7-18/h4-5,9,11H,2-3,6-8,10,17H2,1H3. The van der Waals surface area contributed by atoms with Crippen molar-refractivity contribution in [1.29, 1.82) is 0 Å². The van der Waals surface area contributed by atoms with Gasteiger partial charge in [-0.2, -0.15) is 0 Å². The minimum Gasteiger partial charge on any atom is -0.496 e. The van der Waals surface area contributed by atoms with E-state index in [1.54, 1.807) is 13.2 Å². The molecule has 2 N–H and O–H groups in total. The molecular weight excluding hydrogens is 276 g/mol. The highest BCUT2D eigenvalue weighted by Crippen LogP contribution is 2.31. The third-order valence-corrected chi connectivity index (χ3v) is 4.03. The van der Waals surface area contributed by atoms with Crippen LogP contribution in [0.2, 0.25) is 5.02 Å². The molecule has 1 amide bonds. The smallest absolute Gasteiger partial charge is 0.223 e. The molecule has 2 rings (SSSR count). The quantitative estimate of drug-likeness (QED) is 0.908. The summed E-state index contributed by atoms with van der Waals surface area (Å²) in [4.78, 5) is 14.2. The topological polar surface area (TPSA) is 55.6 Å². The lowest BCUT2D eigenvalue weighted by molar-refractivity contribution is -0.130. The van der Waals surface area contributed by atoms with Gasteiger partial charge in [0.15, 0.2) is 0 Å². The van der Waals surface area contributed by atoms with Gasteiger partial charge in [-0.3, -0.25) is 4.79 Å². The van der Waals surface area contributed by atoms with Crippen molar-refractivity contribution in [3.8, 4) is 5.75 Å². The molecule has 5 heteroatoms. The summed E-state index contributed by atoms with van der Waals surface area (Å²) in [5, 5.41) is 0.632. The van der Waals surface area contributed by atoms with Crippen LogP contribution < -0.4 is 10.5 Å². The lowest BCUT2D eigenvalue weighted by Crippen LogP contribution is -2.30. The predicted molar refractivity (Wildman–Crippen MR) is 80.2 cm³/mol. The summed E-state index contributed by atoms with van der Waals surface area (Å²) in [6.07, 6.45) is 2.60. The summed E-state index contributed by atoms with van der Waals surface area (Å²) in [6.45, 7) is 2.13. The van der Waals surface area contributed by atoms with E-state index >= 15 is 0 Å². The molecule has 1 aromatic carbocycles. The maximum absolute atomic E-state index is 12.3. The first kappa shape index (κ1) is 15.1. The largest absolute Gasteiger partial charge is 0.496 e. The number of benzene rings is 1. The van der Waals surface area contributed by atoms with Crippen molar-refractivity contribution in [3.05, 3.63) is 28.8 Å². The molecule has 4 nitrogen and oxygen atoms in total. The van der Waals surface area contributed by atoms with E-state index in [-0.39, 0.29) is 11.8 Å². The van der Waals surface area contributed by atoms with Crippen molar-refractivity contribution in [2.24, 2.45) is 5.73 Å². The molecule has 0 bridgehead atoms. The number of methoxy groups -OCH3 is 1. The summed E-state index contributed by atoms with van der Waals surface area (Å²) >= 11 is 6.05. The number of nitrogens with zero attached hydrogens (tertiary/aromatic N) is 1. The van der Waals surface area contributed by atoms with Crippen LogP contribution in [0.4, 0.5) is 0 Å². The molecule has 1 aliphatic rings. The molecule has 1 saturated heterocycles. The summed E-state index contributed by atoms with van der Waals surface area (Å²) in [7, 11) is 1.61. The molecule has 1 aromatic rings. The second kappa shape index (κ2) is 6.95. The number of nitrogens with two attached hydrogens (primary N) is 1. The third kappa shape index (κ3) is 3.44. The van der Waals surface area contributed by atoms with Crippen LogP contribution >= 0.6 is 11.6 Å². The number of amides is 1. The maximum Gasteiger partial charge on any atom is 0.223 e. The molecule has 110 valence electrons. The minimum absolute atomic E-state index is 0.0586. The van der Waals surface area contributed by atoms with Crippen LogP contribution in [-0.2, 0) is 4.79 Å². The fourth-order valence-corrected chi connectivity index (χ4v) is 2.83. The molecule has 0 aromatic heterocycles. The van der Waals surface area contributed by atoms with Crippen LogP contribution in [0.1, 0.15) is 30.7 Å². The Hall–Kier alpha value is -1.26. The van der Waals surface area contributed by atoms with E-state index in [0.717, 1.165) is 37.2 Å². The van der Waals surface area contributed by atoms with Gasteiger partial charge in [-0.15, -0.1) is 0 Å². The predicted octanol–water partition coefficient (Wildman–Crippen LogP) is 2.40. The first-order valence-electron chi connectivity index (χ1n) is 6.97. The number of ether oxygens (including phenoxy) is 1. The fourth-order valence-electron chi connectivity index (χ4n) is 2.65. The molecule has 1 heterocycles. The number of hydrogen-bond donors (Lipinski definition) is 1. The summed E-state index contributed by atoms with van der Waals surface area (Å²) < 4.78 is 5.35. The molecular formula is C15H21ClN2O2. The highest BCUT2D eigenvalue weighted by atomic mass is 35.5. The van der Waals surface area contributed by atoms with E-state index in [0.29, 0.717) is 18.0 Å². The van der Waals surface area contributed by atoms with E-state index in [1.807, 2.05) is 17.0 Å². The lowest BCUT2D eigenvalue weighted by Gasteiger charge is -2.22. The first-order chi connectivity index (χ1) is 9.65. The Kier molecular flexibility index (Phi) is 5.26. The van der Waals surface area contributed by atoms with Gasteiger partial charge in [-0.1, -0.05) is 11.6 Å². The Balaban J connectivity index is 2.14. The molecule has 1 aliphatic heterocycles. The van der Waals surface area contributed by atoms with Gasteiger partial charge in [0.05, 0.1) is 7.11 Å². The maximum atomic E-state index is 12.3. The second-order valence-corrected chi connectivity index (χ2v) is 5.55. The SMILES string of the molecule is COc1ccc(Cl)cc1C(CN)CC(=O)N1CCCC1. The zero-order valence-electron chi connectivity index (χ0n) is 11.8. The van der Waals surface area contributed by atoms with Crippen molar-refractivity contribution in [3.63, 3.8) is 0 Å². The number of carbonyl (C=O) groups excluding carboxylic acids is 1. The Morgan fingerprint density at radius 3 is 2.75 bits per heavy atom. The van der Waals surface area contributed by atoms with Gasteiger partial charge in [0.1, 0.15) is 5.75 Å². The zero-order valence-corrected chi connectivity index (χ0v) is 12.5. The van der Waals surface area contributed by atoms with Crippen molar-refractivity contribution in [2.45, 2.75) is 25.2 Å². The fraction of sp³-hybridized carbons (Fsp3) is 0.533. The summed E-state index contributed by atoms with van der Waals surface area (Å²) in [6, 6.07) is 5.44. The van der Waals surface area contributed by atoms with Crippen LogP contribution in [0.15, 0.2) is 18.2 Å². The average Bonchev–Trinajstić information content (AvgIpc) is 2.98. The van der Waals surface area contributed by atoms with Gasteiger partial charge in [-0.05, 0) is 37.6 Å². The molecule has 0 spiro atoms. The molecule has 0 radical (unpaired) electrons. The van der Waals surface area contributed by atoms with E-state index in [1.165, 1.54) is 0 Å². The van der Waals surface area contributed by atoms with Crippen molar-refractivity contribution in [2.75, 3.05) is 26.7 Å². The third-order valence-electron chi connectivity index (χ3n) is 3.80. The normalized spacial score (nSPS) is 16.2. The minimum atomic E-state index is -0.0586. The number of likely N-dealkylation sites (tertiary alicyclic amines) is 1. The highest BCUT2D eigenvalue weighted by Gasteiger charge is 2.24. The molecule has 1 fully saturated rings. The van der Waals surface area contributed by atoms with Crippen LogP contribution in [-0.4, -0.2) is 37.6 Å². The van der Waals surface area contributed by atoms with Gasteiger partial charge in [0, 0.05) is 36.0 Å². The monoisotopic (exact) mass is 296 g/mol. The number of carbonyl (C=O) groups is 1. The van der Waals surface area contributed by atoms with Gasteiger partial charge in [0.2, 0.25) is 5.91 Å². The summed E-state index contributed by atoms with van der Waals surface area (Å²) in [5.41, 5.74) is 6.77. The molecule has 20 heavy (non-hydrogen) atoms. The molecule has 0 saturated carbocycles. The van der Waals surface area contributed by atoms with Gasteiger partial charge >= 0.3 is 0 Å². The lowest BCUT2D eigenvalue weighted by atomic mass is 9.94. The number of rotatable bonds is 5. The number of hydrogen-bond acceptors (Lipinski definition) is 3. The van der Waals surface area contributed by atoms with E-state index < -0.39 is 0 Å². The van der Waals surface area contributed by atoms with E-state index in [9.17, 15) is 4.79 Å². The molecule has 0 aliphatic carbocycles. The van der Waals surface area contributed by atoms with Gasteiger partial charge in [-0.25, -0.2) is 0 Å². The van der Waals surface area contributed by atoms with Crippen LogP contribution in [0.5, 0.6) is 5.75 Å². The Labute approximate surface area is 124 Å². The van der Waals surface area contributed by atoms with Gasteiger partial charge < -0.3 is 15.4 Å². The van der Waals surface area contributed by atoms with Gasteiger partial charge in [0.25, 0.3) is 0 Å². The van der Waals surface area contributed by atoms with Crippen molar-refractivity contribution in [1.82, 2.24) is 4.90 Å². The van der Waals surface area contributed by atoms with Crippen molar-refractivity contribution < 1.29 is 9.53 Å². The van der Waals surface area contributed by atoms with E-state index in [2.05, 4.69) is 0 Å².